The molecule has 120 valence electrons. The molecule has 1 fully saturated rings. The highest BCUT2D eigenvalue weighted by molar-refractivity contribution is 5.92. The van der Waals surface area contributed by atoms with E-state index < -0.39 is 0 Å². The smallest absolute Gasteiger partial charge is 0.143 e. The first-order valence-corrected chi connectivity index (χ1v) is 8.42. The lowest BCUT2D eigenvalue weighted by atomic mass is 9.68. The maximum atomic E-state index is 12.7. The minimum atomic E-state index is -0.361. The third kappa shape index (κ3) is 3.05. The lowest BCUT2D eigenvalue weighted by molar-refractivity contribution is -0.125. The number of hydrogen-bond donors (Lipinski definition) is 0. The summed E-state index contributed by atoms with van der Waals surface area (Å²) in [7, 11) is 3.87. The SMILES string of the molecule is COc1ccc2c(c1)C(C)(CCN(C)CC1CC1)C(=O)CC2. The van der Waals surface area contributed by atoms with Gasteiger partial charge in [-0.15, -0.1) is 0 Å². The number of fused-ring (bicyclic) bond motifs is 1. The van der Waals surface area contributed by atoms with Crippen LogP contribution in [0.2, 0.25) is 0 Å². The Hall–Kier alpha value is -1.35. The molecule has 1 aromatic carbocycles. The van der Waals surface area contributed by atoms with Gasteiger partial charge >= 0.3 is 0 Å². The average molecular weight is 301 g/mol. The zero-order valence-corrected chi connectivity index (χ0v) is 14.0. The lowest BCUT2D eigenvalue weighted by Crippen LogP contribution is -2.40. The number of benzene rings is 1. The minimum Gasteiger partial charge on any atom is -0.497 e. The number of carbonyl (C=O) groups excluding carboxylic acids is 1. The second kappa shape index (κ2) is 6.04. The number of hydrogen-bond acceptors (Lipinski definition) is 3. The zero-order chi connectivity index (χ0) is 15.7. The molecule has 0 spiro atoms. The quantitative estimate of drug-likeness (QED) is 0.808. The molecule has 1 atom stereocenters. The summed E-state index contributed by atoms with van der Waals surface area (Å²) in [6.45, 7) is 4.28. The highest BCUT2D eigenvalue weighted by Crippen LogP contribution is 2.39. The van der Waals surface area contributed by atoms with Crippen molar-refractivity contribution in [2.75, 3.05) is 27.2 Å². The lowest BCUT2D eigenvalue weighted by Gasteiger charge is -2.36. The molecule has 0 heterocycles. The van der Waals surface area contributed by atoms with Gasteiger partial charge in [-0.2, -0.15) is 0 Å². The molecule has 22 heavy (non-hydrogen) atoms. The van der Waals surface area contributed by atoms with Gasteiger partial charge in [0.15, 0.2) is 0 Å². The van der Waals surface area contributed by atoms with Crippen LogP contribution in [0.4, 0.5) is 0 Å². The highest BCUT2D eigenvalue weighted by Gasteiger charge is 2.39. The molecule has 2 aliphatic rings. The molecule has 0 aliphatic heterocycles. The summed E-state index contributed by atoms with van der Waals surface area (Å²) in [6.07, 6.45) is 5.18. The van der Waals surface area contributed by atoms with Gasteiger partial charge in [0.25, 0.3) is 0 Å². The van der Waals surface area contributed by atoms with Crippen molar-refractivity contribution in [2.24, 2.45) is 5.92 Å². The van der Waals surface area contributed by atoms with E-state index >= 15 is 0 Å². The first-order chi connectivity index (χ1) is 10.5. The van der Waals surface area contributed by atoms with E-state index in [1.807, 2.05) is 6.07 Å². The van der Waals surface area contributed by atoms with Gasteiger partial charge in [0.2, 0.25) is 0 Å². The van der Waals surface area contributed by atoms with Crippen LogP contribution in [0.3, 0.4) is 0 Å². The molecule has 2 aliphatic carbocycles. The molecule has 0 radical (unpaired) electrons. The summed E-state index contributed by atoms with van der Waals surface area (Å²) in [6, 6.07) is 6.22. The molecule has 1 aromatic rings. The third-order valence-corrected chi connectivity index (χ3v) is 5.41. The molecule has 3 heteroatoms. The second-order valence-electron chi connectivity index (χ2n) is 7.23. The molecule has 0 aromatic heterocycles. The zero-order valence-electron chi connectivity index (χ0n) is 14.0. The fourth-order valence-corrected chi connectivity index (χ4v) is 3.61. The molecule has 1 saturated carbocycles. The van der Waals surface area contributed by atoms with Crippen LogP contribution in [0.5, 0.6) is 5.75 Å². The van der Waals surface area contributed by atoms with Gasteiger partial charge in [0.1, 0.15) is 11.5 Å². The summed E-state index contributed by atoms with van der Waals surface area (Å²) < 4.78 is 5.37. The summed E-state index contributed by atoms with van der Waals surface area (Å²) in [5.41, 5.74) is 2.13. The van der Waals surface area contributed by atoms with Crippen LogP contribution in [0, 0.1) is 5.92 Å². The van der Waals surface area contributed by atoms with Crippen molar-refractivity contribution < 1.29 is 9.53 Å². The van der Waals surface area contributed by atoms with Crippen molar-refractivity contribution in [3.63, 3.8) is 0 Å². The van der Waals surface area contributed by atoms with Crippen LogP contribution in [-0.2, 0) is 16.6 Å². The van der Waals surface area contributed by atoms with E-state index in [1.165, 1.54) is 30.5 Å². The highest BCUT2D eigenvalue weighted by atomic mass is 16.5. The van der Waals surface area contributed by atoms with Crippen LogP contribution in [0.25, 0.3) is 0 Å². The monoisotopic (exact) mass is 301 g/mol. The average Bonchev–Trinajstić information content (AvgIpc) is 3.33. The predicted octanol–water partition coefficient (Wildman–Crippen LogP) is 3.20. The van der Waals surface area contributed by atoms with Gasteiger partial charge in [-0.25, -0.2) is 0 Å². The summed E-state index contributed by atoms with van der Waals surface area (Å²) >= 11 is 0. The van der Waals surface area contributed by atoms with Crippen molar-refractivity contribution in [2.45, 2.75) is 44.4 Å². The van der Waals surface area contributed by atoms with Crippen molar-refractivity contribution in [3.8, 4) is 5.75 Å². The molecule has 0 saturated heterocycles. The number of aryl methyl sites for hydroxylation is 1. The number of ketones is 1. The first-order valence-electron chi connectivity index (χ1n) is 8.42. The molecular weight excluding hydrogens is 274 g/mol. The topological polar surface area (TPSA) is 29.5 Å². The summed E-state index contributed by atoms with van der Waals surface area (Å²) in [5, 5.41) is 0. The minimum absolute atomic E-state index is 0.361. The predicted molar refractivity (Wildman–Crippen MR) is 88.5 cm³/mol. The van der Waals surface area contributed by atoms with Gasteiger partial charge in [-0.1, -0.05) is 6.07 Å². The van der Waals surface area contributed by atoms with Crippen molar-refractivity contribution in [1.82, 2.24) is 4.90 Å². The Morgan fingerprint density at radius 1 is 1.32 bits per heavy atom. The third-order valence-electron chi connectivity index (χ3n) is 5.41. The molecule has 3 rings (SSSR count). The fraction of sp³-hybridized carbons (Fsp3) is 0.632. The number of nitrogens with zero attached hydrogens (tertiary/aromatic N) is 1. The number of ether oxygens (including phenoxy) is 1. The maximum Gasteiger partial charge on any atom is 0.143 e. The molecule has 0 bridgehead atoms. The Morgan fingerprint density at radius 3 is 2.77 bits per heavy atom. The molecule has 1 unspecified atom stereocenters. The van der Waals surface area contributed by atoms with Gasteiger partial charge in [-0.05, 0) is 75.4 Å². The maximum absolute atomic E-state index is 12.7. The fourth-order valence-electron chi connectivity index (χ4n) is 3.61. The second-order valence-corrected chi connectivity index (χ2v) is 7.23. The number of carbonyl (C=O) groups is 1. The normalized spacial score (nSPS) is 24.5. The van der Waals surface area contributed by atoms with Gasteiger partial charge < -0.3 is 9.64 Å². The van der Waals surface area contributed by atoms with Crippen LogP contribution in [0.1, 0.15) is 43.7 Å². The van der Waals surface area contributed by atoms with Gasteiger partial charge in [0.05, 0.1) is 12.5 Å². The Labute approximate surface area is 133 Å². The molecule has 3 nitrogen and oxygen atoms in total. The number of methoxy groups -OCH3 is 1. The Morgan fingerprint density at radius 2 is 2.09 bits per heavy atom. The van der Waals surface area contributed by atoms with E-state index in [9.17, 15) is 4.79 Å². The molecular formula is C19H27NO2. The van der Waals surface area contributed by atoms with Crippen LogP contribution >= 0.6 is 0 Å². The van der Waals surface area contributed by atoms with E-state index in [2.05, 4.69) is 31.0 Å². The summed E-state index contributed by atoms with van der Waals surface area (Å²) in [4.78, 5) is 15.1. The first kappa shape index (κ1) is 15.5. The Bertz CT molecular complexity index is 565. The van der Waals surface area contributed by atoms with Gasteiger partial charge in [-0.3, -0.25) is 4.79 Å². The van der Waals surface area contributed by atoms with E-state index in [1.54, 1.807) is 7.11 Å². The standard InChI is InChI=1S/C19H27NO2/c1-19(10-11-20(2)13-14-4-5-14)17-12-16(22-3)8-6-15(17)7-9-18(19)21/h6,8,12,14H,4-5,7,9-11,13H2,1-3H3. The summed E-state index contributed by atoms with van der Waals surface area (Å²) in [5.74, 6) is 2.13. The van der Waals surface area contributed by atoms with Crippen LogP contribution in [-0.4, -0.2) is 37.9 Å². The molecule has 0 N–H and O–H groups in total. The van der Waals surface area contributed by atoms with Crippen molar-refractivity contribution in [1.29, 1.82) is 0 Å². The Balaban J connectivity index is 1.79. The van der Waals surface area contributed by atoms with Crippen molar-refractivity contribution in [3.05, 3.63) is 29.3 Å². The van der Waals surface area contributed by atoms with Crippen LogP contribution < -0.4 is 4.74 Å². The van der Waals surface area contributed by atoms with Crippen molar-refractivity contribution >= 4 is 5.78 Å². The van der Waals surface area contributed by atoms with E-state index in [4.69, 9.17) is 4.74 Å². The largest absolute Gasteiger partial charge is 0.497 e. The number of rotatable bonds is 6. The van der Waals surface area contributed by atoms with E-state index in [-0.39, 0.29) is 5.41 Å². The molecule has 0 amide bonds. The van der Waals surface area contributed by atoms with Crippen LogP contribution in [0.15, 0.2) is 18.2 Å². The van der Waals surface area contributed by atoms with Gasteiger partial charge in [0, 0.05) is 13.0 Å². The Kier molecular flexibility index (Phi) is 4.26. The van der Waals surface area contributed by atoms with E-state index in [0.29, 0.717) is 12.2 Å². The van der Waals surface area contributed by atoms with E-state index in [0.717, 1.165) is 31.1 Å². The number of Topliss-reactive ketones (excluding diaryl/α,β-unsaturated/α-hetero) is 1.